The van der Waals surface area contributed by atoms with Crippen molar-refractivity contribution in [3.8, 4) is 0 Å². The monoisotopic (exact) mass is 589 g/mol. The molecule has 1 heterocycles. The Bertz CT molecular complexity index is 1370. The lowest BCUT2D eigenvalue weighted by Crippen LogP contribution is -2.66. The van der Waals surface area contributed by atoms with Gasteiger partial charge in [-0.25, -0.2) is 4.79 Å². The van der Waals surface area contributed by atoms with Gasteiger partial charge in [0.05, 0.1) is 18.1 Å². The van der Waals surface area contributed by atoms with E-state index in [9.17, 15) is 14.4 Å². The van der Waals surface area contributed by atoms with Crippen LogP contribution in [-0.2, 0) is 19.1 Å². The molecule has 0 N–H and O–H groups in total. The largest absolute Gasteiger partial charge is 0.469 e. The normalized spacial score (nSPS) is 44.9. The summed E-state index contributed by atoms with van der Waals surface area (Å²) in [5.74, 6) is 0.216. The zero-order valence-electron chi connectivity index (χ0n) is 27.5. The van der Waals surface area contributed by atoms with Crippen LogP contribution < -0.4 is 0 Å². The number of rotatable bonds is 3. The van der Waals surface area contributed by atoms with Gasteiger partial charge in [-0.05, 0) is 116 Å². The van der Waals surface area contributed by atoms with Crippen molar-refractivity contribution in [3.63, 3.8) is 0 Å². The first-order valence-electron chi connectivity index (χ1n) is 16.5. The van der Waals surface area contributed by atoms with E-state index in [-0.39, 0.29) is 68.7 Å². The Morgan fingerprint density at radius 2 is 1.65 bits per heavy atom. The van der Waals surface area contributed by atoms with Gasteiger partial charge in [-0.2, -0.15) is 0 Å². The summed E-state index contributed by atoms with van der Waals surface area (Å²) in [5.41, 5.74) is 0.630. The molecule has 0 bridgehead atoms. The topological polar surface area (TPSA) is 82.6 Å². The van der Waals surface area contributed by atoms with Gasteiger partial charge in [0, 0.05) is 23.7 Å². The van der Waals surface area contributed by atoms with E-state index in [2.05, 4.69) is 59.5 Å². The highest BCUT2D eigenvalue weighted by atomic mass is 16.5. The first kappa shape index (κ1) is 30.5. The van der Waals surface area contributed by atoms with E-state index in [1.807, 2.05) is 0 Å². The molecule has 0 aromatic carbocycles. The van der Waals surface area contributed by atoms with Crippen LogP contribution in [0.3, 0.4) is 0 Å². The minimum atomic E-state index is -0.516. The van der Waals surface area contributed by atoms with Crippen LogP contribution in [0.15, 0.2) is 36.2 Å². The van der Waals surface area contributed by atoms with Crippen LogP contribution in [0.1, 0.15) is 117 Å². The molecule has 0 spiro atoms. The summed E-state index contributed by atoms with van der Waals surface area (Å²) >= 11 is 0. The van der Waals surface area contributed by atoms with Gasteiger partial charge in [-0.1, -0.05) is 47.1 Å². The number of methoxy groups -OCH3 is 1. The highest BCUT2D eigenvalue weighted by Crippen LogP contribution is 2.75. The molecular weight excluding hydrogens is 538 g/mol. The summed E-state index contributed by atoms with van der Waals surface area (Å²) in [6.45, 7) is 16.2. The number of fused-ring (bicyclic) bond motifs is 7. The van der Waals surface area contributed by atoms with E-state index in [4.69, 9.17) is 9.47 Å². The molecule has 0 saturated heterocycles. The number of ether oxygens (including phenoxy) is 2. The van der Waals surface area contributed by atoms with Gasteiger partial charge < -0.3 is 9.47 Å². The molecule has 0 amide bonds. The first-order chi connectivity index (χ1) is 20.1. The van der Waals surface area contributed by atoms with Gasteiger partial charge in [0.25, 0.3) is 0 Å². The van der Waals surface area contributed by atoms with Gasteiger partial charge in [-0.3, -0.25) is 14.6 Å². The number of pyridine rings is 1. The van der Waals surface area contributed by atoms with Crippen LogP contribution in [0.25, 0.3) is 0 Å². The molecule has 0 unspecified atom stereocenters. The van der Waals surface area contributed by atoms with Crippen molar-refractivity contribution < 1.29 is 23.9 Å². The average Bonchev–Trinajstić information content (AvgIpc) is 2.96. The smallest absolute Gasteiger partial charge is 0.339 e. The molecule has 0 aliphatic heterocycles. The molecule has 4 saturated carbocycles. The van der Waals surface area contributed by atoms with E-state index < -0.39 is 5.41 Å². The summed E-state index contributed by atoms with van der Waals surface area (Å²) in [6.07, 6.45) is 13.4. The molecule has 6 rings (SSSR count). The molecule has 0 radical (unpaired) electrons. The zero-order chi connectivity index (χ0) is 31.2. The number of allylic oxidation sites excluding steroid dienone is 2. The Morgan fingerprint density at radius 1 is 0.930 bits per heavy atom. The van der Waals surface area contributed by atoms with Crippen molar-refractivity contribution in [1.29, 1.82) is 0 Å². The van der Waals surface area contributed by atoms with Crippen LogP contribution in [-0.4, -0.2) is 35.9 Å². The van der Waals surface area contributed by atoms with Crippen LogP contribution in [0, 0.1) is 50.2 Å². The number of hydrogen-bond acceptors (Lipinski definition) is 6. The van der Waals surface area contributed by atoms with Gasteiger partial charge >= 0.3 is 11.9 Å². The minimum absolute atomic E-state index is 0.0818. The quantitative estimate of drug-likeness (QED) is 0.335. The summed E-state index contributed by atoms with van der Waals surface area (Å²) in [4.78, 5) is 44.7. The number of esters is 2. The fraction of sp³-hybridized carbons (Fsp3) is 0.730. The maximum absolute atomic E-state index is 14.6. The molecule has 4 fully saturated rings. The van der Waals surface area contributed by atoms with Gasteiger partial charge in [0.2, 0.25) is 0 Å². The predicted molar refractivity (Wildman–Crippen MR) is 165 cm³/mol. The van der Waals surface area contributed by atoms with Crippen molar-refractivity contribution in [3.05, 3.63) is 41.7 Å². The van der Waals surface area contributed by atoms with Crippen LogP contribution in [0.5, 0.6) is 0 Å². The van der Waals surface area contributed by atoms with Crippen molar-refractivity contribution in [2.75, 3.05) is 7.11 Å². The lowest BCUT2D eigenvalue weighted by atomic mass is 9.33. The number of nitrogens with zero attached hydrogens (tertiary/aromatic N) is 1. The highest BCUT2D eigenvalue weighted by Gasteiger charge is 2.70. The molecular formula is C37H51NO5. The number of carbonyl (C=O) groups excluding carboxylic acids is 3. The SMILES string of the molecule is COC(=O)[C@@]1(C)CC[C@]2(C)CC[C@]3(C)C(=CC(=O)[C@@H]4[C@@]5(C)CC[C@H](OC(=O)c6cccnc6)C(C)(C)[C@@H]5CC[C@]43C)[C@@H]2C1. The third kappa shape index (κ3) is 4.16. The summed E-state index contributed by atoms with van der Waals surface area (Å²) in [5, 5.41) is 0. The molecule has 5 aliphatic rings. The van der Waals surface area contributed by atoms with Crippen molar-refractivity contribution in [2.24, 2.45) is 50.2 Å². The zero-order valence-corrected chi connectivity index (χ0v) is 27.5. The maximum atomic E-state index is 14.6. The standard InChI is InChI=1S/C37H51NO5/c1-32(2)27-11-14-37(7)29(35(27,5)13-12-28(32)43-30(40)23-10-9-19-38-22-23)26(39)20-24-25-21-34(4,31(41)42-8)16-15-33(25,3)17-18-36(24,37)6/h9-10,19-20,22,25,27-29H,11-18,21H2,1-8H3/t25-,27-,28-,29+,33+,34-,35-,36+,37+/m0/s1. The van der Waals surface area contributed by atoms with Crippen LogP contribution >= 0.6 is 0 Å². The highest BCUT2D eigenvalue weighted by molar-refractivity contribution is 5.96. The Balaban J connectivity index is 1.34. The fourth-order valence-electron chi connectivity index (χ4n) is 11.5. The summed E-state index contributed by atoms with van der Waals surface area (Å²) in [6, 6.07) is 3.51. The molecule has 1 aromatic rings. The Labute approximate surface area is 257 Å². The molecule has 6 heteroatoms. The second-order valence-corrected chi connectivity index (χ2v) is 16.7. The first-order valence-corrected chi connectivity index (χ1v) is 16.5. The van der Waals surface area contributed by atoms with Gasteiger partial charge in [0.1, 0.15) is 6.10 Å². The average molecular weight is 590 g/mol. The number of aromatic nitrogens is 1. The third-order valence-electron chi connectivity index (χ3n) is 14.3. The number of ketones is 1. The predicted octanol–water partition coefficient (Wildman–Crippen LogP) is 7.76. The minimum Gasteiger partial charge on any atom is -0.469 e. The molecule has 6 nitrogen and oxygen atoms in total. The van der Waals surface area contributed by atoms with Crippen molar-refractivity contribution in [2.45, 2.75) is 112 Å². The number of carbonyl (C=O) groups is 3. The second kappa shape index (κ2) is 9.75. The van der Waals surface area contributed by atoms with Crippen LogP contribution in [0.2, 0.25) is 0 Å². The molecule has 1 aromatic heterocycles. The molecule has 5 aliphatic carbocycles. The van der Waals surface area contributed by atoms with E-state index in [0.717, 1.165) is 57.8 Å². The van der Waals surface area contributed by atoms with Gasteiger partial charge in [-0.15, -0.1) is 0 Å². The maximum Gasteiger partial charge on any atom is 0.339 e. The lowest BCUT2D eigenvalue weighted by molar-refractivity contribution is -0.202. The molecule has 9 atom stereocenters. The van der Waals surface area contributed by atoms with Crippen LogP contribution in [0.4, 0.5) is 0 Å². The van der Waals surface area contributed by atoms with E-state index in [0.29, 0.717) is 5.56 Å². The summed E-state index contributed by atoms with van der Waals surface area (Å²) in [7, 11) is 1.50. The van der Waals surface area contributed by atoms with Crippen molar-refractivity contribution >= 4 is 17.7 Å². The fourth-order valence-corrected chi connectivity index (χ4v) is 11.5. The van der Waals surface area contributed by atoms with E-state index >= 15 is 0 Å². The van der Waals surface area contributed by atoms with E-state index in [1.165, 1.54) is 12.7 Å². The van der Waals surface area contributed by atoms with E-state index in [1.54, 1.807) is 24.5 Å². The molecule has 43 heavy (non-hydrogen) atoms. The molecule has 234 valence electrons. The number of hydrogen-bond donors (Lipinski definition) is 0. The Morgan fingerprint density at radius 3 is 2.33 bits per heavy atom. The third-order valence-corrected chi connectivity index (χ3v) is 14.3. The second-order valence-electron chi connectivity index (χ2n) is 16.7. The summed E-state index contributed by atoms with van der Waals surface area (Å²) < 4.78 is 11.5. The Kier molecular flexibility index (Phi) is 6.92. The van der Waals surface area contributed by atoms with Crippen molar-refractivity contribution in [1.82, 2.24) is 4.98 Å². The Hall–Kier alpha value is -2.50. The lowest BCUT2D eigenvalue weighted by Gasteiger charge is -2.70. The van der Waals surface area contributed by atoms with Gasteiger partial charge in [0.15, 0.2) is 5.78 Å².